The van der Waals surface area contributed by atoms with Gasteiger partial charge in [0.05, 0.1) is 12.2 Å². The first-order valence-corrected chi connectivity index (χ1v) is 6.69. The molecular formula is C13H13Cl2N3O2. The standard InChI is InChI=1S/C13H13Cl2N3O2/c1-8(13(19)16-7-11-2-3-17-18-11)20-12-5-9(14)4-10(15)6-12/h2-6,8H,7H2,1H3,(H,16,19)(H,17,18). The van der Waals surface area contributed by atoms with Crippen LogP contribution in [0.3, 0.4) is 0 Å². The third-order valence-corrected chi connectivity index (χ3v) is 2.97. The van der Waals surface area contributed by atoms with Gasteiger partial charge in [0.1, 0.15) is 5.75 Å². The molecule has 0 saturated carbocycles. The Balaban J connectivity index is 1.90. The number of amides is 1. The number of halogens is 2. The molecule has 0 spiro atoms. The van der Waals surface area contributed by atoms with Gasteiger partial charge in [-0.3, -0.25) is 9.89 Å². The van der Waals surface area contributed by atoms with E-state index in [4.69, 9.17) is 27.9 Å². The molecular weight excluding hydrogens is 301 g/mol. The van der Waals surface area contributed by atoms with Gasteiger partial charge in [0, 0.05) is 16.2 Å². The molecule has 0 bridgehead atoms. The van der Waals surface area contributed by atoms with Crippen LogP contribution in [0, 0.1) is 0 Å². The van der Waals surface area contributed by atoms with Gasteiger partial charge in [-0.1, -0.05) is 23.2 Å². The molecule has 0 radical (unpaired) electrons. The maximum Gasteiger partial charge on any atom is 0.261 e. The normalized spacial score (nSPS) is 11.9. The van der Waals surface area contributed by atoms with Gasteiger partial charge in [0.25, 0.3) is 5.91 Å². The lowest BCUT2D eigenvalue weighted by atomic mass is 10.3. The lowest BCUT2D eigenvalue weighted by Gasteiger charge is -2.14. The Kier molecular flexibility index (Phi) is 4.87. The highest BCUT2D eigenvalue weighted by Gasteiger charge is 2.15. The highest BCUT2D eigenvalue weighted by atomic mass is 35.5. The van der Waals surface area contributed by atoms with Crippen molar-refractivity contribution in [3.63, 3.8) is 0 Å². The average molecular weight is 314 g/mol. The van der Waals surface area contributed by atoms with Crippen LogP contribution < -0.4 is 10.1 Å². The molecule has 1 atom stereocenters. The van der Waals surface area contributed by atoms with Crippen molar-refractivity contribution < 1.29 is 9.53 Å². The number of benzene rings is 1. The number of carbonyl (C=O) groups is 1. The Labute approximate surface area is 126 Å². The Hall–Kier alpha value is -1.72. The van der Waals surface area contributed by atoms with E-state index < -0.39 is 6.10 Å². The Bertz CT molecular complexity index is 567. The molecule has 7 heteroatoms. The minimum atomic E-state index is -0.660. The van der Waals surface area contributed by atoms with Crippen molar-refractivity contribution in [2.45, 2.75) is 19.6 Å². The van der Waals surface area contributed by atoms with Crippen molar-refractivity contribution in [1.82, 2.24) is 15.5 Å². The number of hydrogen-bond donors (Lipinski definition) is 2. The smallest absolute Gasteiger partial charge is 0.261 e. The van der Waals surface area contributed by atoms with Gasteiger partial charge in [-0.05, 0) is 31.2 Å². The van der Waals surface area contributed by atoms with E-state index >= 15 is 0 Å². The molecule has 2 rings (SSSR count). The van der Waals surface area contributed by atoms with Crippen LogP contribution in [0.25, 0.3) is 0 Å². The third-order valence-electron chi connectivity index (χ3n) is 2.53. The molecule has 0 saturated heterocycles. The lowest BCUT2D eigenvalue weighted by Crippen LogP contribution is -2.36. The largest absolute Gasteiger partial charge is 0.481 e. The monoisotopic (exact) mass is 313 g/mol. The van der Waals surface area contributed by atoms with Gasteiger partial charge < -0.3 is 10.1 Å². The van der Waals surface area contributed by atoms with Gasteiger partial charge in [0.15, 0.2) is 6.10 Å². The van der Waals surface area contributed by atoms with Gasteiger partial charge in [-0.15, -0.1) is 0 Å². The summed E-state index contributed by atoms with van der Waals surface area (Å²) in [6.07, 6.45) is 0.961. The zero-order valence-corrected chi connectivity index (χ0v) is 12.2. The summed E-state index contributed by atoms with van der Waals surface area (Å²) in [6.45, 7) is 2.01. The number of rotatable bonds is 5. The van der Waals surface area contributed by atoms with Crippen molar-refractivity contribution in [3.8, 4) is 5.75 Å². The fourth-order valence-corrected chi connectivity index (χ4v) is 2.07. The number of aromatic nitrogens is 2. The van der Waals surface area contributed by atoms with Crippen molar-refractivity contribution in [2.75, 3.05) is 0 Å². The van der Waals surface area contributed by atoms with Crippen LogP contribution in [-0.2, 0) is 11.3 Å². The zero-order valence-electron chi connectivity index (χ0n) is 10.7. The summed E-state index contributed by atoms with van der Waals surface area (Å²) in [5, 5.41) is 10.2. The summed E-state index contributed by atoms with van der Waals surface area (Å²) < 4.78 is 5.50. The highest BCUT2D eigenvalue weighted by molar-refractivity contribution is 6.34. The van der Waals surface area contributed by atoms with E-state index in [1.165, 1.54) is 0 Å². The predicted octanol–water partition coefficient (Wildman–Crippen LogP) is 2.80. The molecule has 5 nitrogen and oxygen atoms in total. The first-order chi connectivity index (χ1) is 9.54. The Morgan fingerprint density at radius 2 is 2.10 bits per heavy atom. The quantitative estimate of drug-likeness (QED) is 0.892. The van der Waals surface area contributed by atoms with E-state index in [-0.39, 0.29) is 5.91 Å². The molecule has 2 N–H and O–H groups in total. The SMILES string of the molecule is CC(Oc1cc(Cl)cc(Cl)c1)C(=O)NCc1ccn[nH]1. The molecule has 1 heterocycles. The van der Waals surface area contributed by atoms with Crippen LogP contribution in [0.15, 0.2) is 30.5 Å². The number of hydrogen-bond acceptors (Lipinski definition) is 3. The molecule has 2 aromatic rings. The van der Waals surface area contributed by atoms with E-state index in [1.807, 2.05) is 0 Å². The maximum absolute atomic E-state index is 11.9. The lowest BCUT2D eigenvalue weighted by molar-refractivity contribution is -0.127. The van der Waals surface area contributed by atoms with Gasteiger partial charge >= 0.3 is 0 Å². The number of aromatic amines is 1. The highest BCUT2D eigenvalue weighted by Crippen LogP contribution is 2.24. The van der Waals surface area contributed by atoms with Crippen LogP contribution in [0.4, 0.5) is 0 Å². The topological polar surface area (TPSA) is 67.0 Å². The molecule has 0 aliphatic rings. The van der Waals surface area contributed by atoms with Crippen molar-refractivity contribution in [3.05, 3.63) is 46.2 Å². The first kappa shape index (κ1) is 14.7. The summed E-state index contributed by atoms with van der Waals surface area (Å²) in [5.74, 6) is 0.211. The Morgan fingerprint density at radius 3 is 2.70 bits per heavy atom. The van der Waals surface area contributed by atoms with Crippen LogP contribution in [0.5, 0.6) is 5.75 Å². The molecule has 0 aliphatic heterocycles. The van der Waals surface area contributed by atoms with E-state index in [1.54, 1.807) is 37.4 Å². The van der Waals surface area contributed by atoms with E-state index in [2.05, 4.69) is 15.5 Å². The molecule has 1 amide bonds. The van der Waals surface area contributed by atoms with Crippen LogP contribution in [0.2, 0.25) is 10.0 Å². The summed E-state index contributed by atoms with van der Waals surface area (Å²) in [5.41, 5.74) is 0.816. The number of H-pyrrole nitrogens is 1. The number of ether oxygens (including phenoxy) is 1. The minimum Gasteiger partial charge on any atom is -0.481 e. The predicted molar refractivity (Wildman–Crippen MR) is 77.0 cm³/mol. The van der Waals surface area contributed by atoms with Crippen molar-refractivity contribution >= 4 is 29.1 Å². The second kappa shape index (κ2) is 6.63. The van der Waals surface area contributed by atoms with E-state index in [9.17, 15) is 4.79 Å². The van der Waals surface area contributed by atoms with Crippen molar-refractivity contribution in [1.29, 1.82) is 0 Å². The number of nitrogens with one attached hydrogen (secondary N) is 2. The third kappa shape index (κ3) is 4.15. The minimum absolute atomic E-state index is 0.240. The van der Waals surface area contributed by atoms with Gasteiger partial charge in [-0.2, -0.15) is 5.10 Å². The summed E-state index contributed by atoms with van der Waals surface area (Å²) in [7, 11) is 0. The number of carbonyl (C=O) groups excluding carboxylic acids is 1. The Morgan fingerprint density at radius 1 is 1.40 bits per heavy atom. The average Bonchev–Trinajstić information content (AvgIpc) is 2.87. The zero-order chi connectivity index (χ0) is 14.5. The fourth-order valence-electron chi connectivity index (χ4n) is 1.56. The molecule has 106 valence electrons. The van der Waals surface area contributed by atoms with E-state index in [0.717, 1.165) is 5.69 Å². The van der Waals surface area contributed by atoms with Gasteiger partial charge in [-0.25, -0.2) is 0 Å². The van der Waals surface area contributed by atoms with Crippen LogP contribution in [-0.4, -0.2) is 22.2 Å². The van der Waals surface area contributed by atoms with Crippen LogP contribution in [0.1, 0.15) is 12.6 Å². The number of nitrogens with zero attached hydrogens (tertiary/aromatic N) is 1. The maximum atomic E-state index is 11.9. The summed E-state index contributed by atoms with van der Waals surface area (Å²) in [6, 6.07) is 6.58. The van der Waals surface area contributed by atoms with Gasteiger partial charge in [0.2, 0.25) is 0 Å². The van der Waals surface area contributed by atoms with E-state index in [0.29, 0.717) is 22.3 Å². The summed E-state index contributed by atoms with van der Waals surface area (Å²) in [4.78, 5) is 11.9. The second-order valence-electron chi connectivity index (χ2n) is 4.16. The molecule has 0 fully saturated rings. The summed E-state index contributed by atoms with van der Waals surface area (Å²) >= 11 is 11.7. The fraction of sp³-hybridized carbons (Fsp3) is 0.231. The molecule has 1 aromatic heterocycles. The molecule has 0 aliphatic carbocycles. The van der Waals surface area contributed by atoms with Crippen LogP contribution >= 0.6 is 23.2 Å². The molecule has 20 heavy (non-hydrogen) atoms. The van der Waals surface area contributed by atoms with Crippen molar-refractivity contribution in [2.24, 2.45) is 0 Å². The molecule has 1 unspecified atom stereocenters. The second-order valence-corrected chi connectivity index (χ2v) is 5.04. The molecule has 1 aromatic carbocycles. The first-order valence-electron chi connectivity index (χ1n) is 5.93.